The zero-order valence-corrected chi connectivity index (χ0v) is 20.4. The van der Waals surface area contributed by atoms with Gasteiger partial charge in [0.25, 0.3) is 10.0 Å². The Balaban J connectivity index is 1.43. The van der Waals surface area contributed by atoms with Gasteiger partial charge in [-0.05, 0) is 53.0 Å². The number of hydrogen-bond donors (Lipinski definition) is 2. The van der Waals surface area contributed by atoms with Crippen molar-refractivity contribution in [2.24, 2.45) is 0 Å². The first-order valence-electron chi connectivity index (χ1n) is 9.44. The van der Waals surface area contributed by atoms with Crippen LogP contribution in [-0.2, 0) is 10.0 Å². The van der Waals surface area contributed by atoms with Gasteiger partial charge in [-0.1, -0.05) is 17.4 Å². The number of carbonyl (C=O) groups excluding carboxylic acids is 1. The van der Waals surface area contributed by atoms with E-state index in [9.17, 15) is 22.0 Å². The predicted octanol–water partition coefficient (Wildman–Crippen LogP) is 4.32. The van der Waals surface area contributed by atoms with Crippen molar-refractivity contribution in [2.45, 2.75) is 23.1 Å². The summed E-state index contributed by atoms with van der Waals surface area (Å²) >= 11 is 5.36. The van der Waals surface area contributed by atoms with Gasteiger partial charge in [-0.2, -0.15) is 4.31 Å². The van der Waals surface area contributed by atoms with Gasteiger partial charge in [-0.15, -0.1) is 11.3 Å². The fraction of sp³-hybridized carbons (Fsp3) is 0.263. The number of sulfonamides is 1. The summed E-state index contributed by atoms with van der Waals surface area (Å²) in [6.07, 6.45) is 1.05. The molecule has 1 aliphatic heterocycles. The average Bonchev–Trinajstić information content (AvgIpc) is 3.34. The summed E-state index contributed by atoms with van der Waals surface area (Å²) < 4.78 is 55.9. The Morgan fingerprint density at radius 2 is 1.81 bits per heavy atom. The van der Waals surface area contributed by atoms with Crippen LogP contribution in [-0.4, -0.2) is 42.6 Å². The van der Waals surface area contributed by atoms with Gasteiger partial charge in [0.1, 0.15) is 26.5 Å². The SMILES string of the molecule is Nc1nc(NC2CCN(S(=O)(=O)c3ccc(Br)s3)CC2)sc1C(=O)c1c(F)cccc1F. The Bertz CT molecular complexity index is 1250. The molecule has 0 spiro atoms. The molecule has 1 aromatic carbocycles. The number of rotatable bonds is 6. The molecule has 1 saturated heterocycles. The maximum absolute atomic E-state index is 14.0. The number of benzene rings is 1. The first-order chi connectivity index (χ1) is 15.2. The van der Waals surface area contributed by atoms with Gasteiger partial charge in [-0.25, -0.2) is 22.2 Å². The van der Waals surface area contributed by atoms with Crippen LogP contribution in [0.2, 0.25) is 0 Å². The summed E-state index contributed by atoms with van der Waals surface area (Å²) in [4.78, 5) is 16.7. The van der Waals surface area contributed by atoms with Crippen molar-refractivity contribution >= 4 is 65.4 Å². The molecule has 13 heteroatoms. The van der Waals surface area contributed by atoms with Gasteiger partial charge in [0, 0.05) is 19.1 Å². The molecule has 0 radical (unpaired) electrons. The van der Waals surface area contributed by atoms with Crippen LogP contribution in [0.15, 0.2) is 38.3 Å². The van der Waals surface area contributed by atoms with Crippen LogP contribution in [0.5, 0.6) is 0 Å². The average molecular weight is 563 g/mol. The Hall–Kier alpha value is -1.93. The number of thiazole rings is 1. The molecule has 0 amide bonds. The lowest BCUT2D eigenvalue weighted by Gasteiger charge is -2.31. The molecular formula is C19H17BrF2N4O3S3. The van der Waals surface area contributed by atoms with E-state index in [-0.39, 0.29) is 20.9 Å². The van der Waals surface area contributed by atoms with Crippen LogP contribution in [0.3, 0.4) is 0 Å². The number of aromatic nitrogens is 1. The Kier molecular flexibility index (Phi) is 6.63. The second kappa shape index (κ2) is 9.14. The van der Waals surface area contributed by atoms with Crippen molar-refractivity contribution in [1.82, 2.24) is 9.29 Å². The van der Waals surface area contributed by atoms with Crippen LogP contribution in [0.4, 0.5) is 19.7 Å². The van der Waals surface area contributed by atoms with Crippen molar-refractivity contribution in [3.05, 3.63) is 56.2 Å². The maximum atomic E-state index is 14.0. The normalized spacial score (nSPS) is 15.7. The number of nitrogen functional groups attached to an aromatic ring is 1. The minimum atomic E-state index is -3.54. The summed E-state index contributed by atoms with van der Waals surface area (Å²) in [7, 11) is -3.54. The summed E-state index contributed by atoms with van der Waals surface area (Å²) in [6, 6.07) is 6.37. The molecule has 3 heterocycles. The Labute approximate surface area is 199 Å². The van der Waals surface area contributed by atoms with E-state index in [2.05, 4.69) is 26.2 Å². The molecule has 1 aliphatic rings. The number of hydrogen-bond acceptors (Lipinski definition) is 8. The first kappa shape index (κ1) is 23.2. The maximum Gasteiger partial charge on any atom is 0.252 e. The van der Waals surface area contributed by atoms with Gasteiger partial charge >= 0.3 is 0 Å². The van der Waals surface area contributed by atoms with Crippen LogP contribution in [0, 0.1) is 11.6 Å². The molecule has 0 atom stereocenters. The molecule has 3 N–H and O–H groups in total. The van der Waals surface area contributed by atoms with E-state index >= 15 is 0 Å². The topological polar surface area (TPSA) is 105 Å². The third-order valence-corrected chi connectivity index (χ3v) is 9.96. The molecule has 0 saturated carbocycles. The number of piperidine rings is 1. The smallest absolute Gasteiger partial charge is 0.252 e. The molecule has 3 aromatic rings. The monoisotopic (exact) mass is 562 g/mol. The number of nitrogens with two attached hydrogens (primary N) is 1. The summed E-state index contributed by atoms with van der Waals surface area (Å²) in [5, 5.41) is 3.49. The zero-order valence-electron chi connectivity index (χ0n) is 16.3. The third kappa shape index (κ3) is 4.57. The van der Waals surface area contributed by atoms with Gasteiger partial charge in [-0.3, -0.25) is 4.79 Å². The van der Waals surface area contributed by atoms with Crippen LogP contribution in [0.1, 0.15) is 28.1 Å². The van der Waals surface area contributed by atoms with Crippen molar-refractivity contribution in [3.63, 3.8) is 0 Å². The minimum Gasteiger partial charge on any atom is -0.382 e. The standard InChI is InChI=1S/C19H17BrF2N4O3S3/c20-13-4-5-14(30-13)32(28,29)26-8-6-10(7-9-26)24-19-25-18(23)17(31-19)16(27)15-11(21)2-1-3-12(15)22/h1-5,10H,6-9,23H2,(H,24,25). The molecule has 0 unspecified atom stereocenters. The van der Waals surface area contributed by atoms with Crippen molar-refractivity contribution in [3.8, 4) is 0 Å². The molecule has 32 heavy (non-hydrogen) atoms. The third-order valence-electron chi connectivity index (χ3n) is 4.97. The van der Waals surface area contributed by atoms with E-state index in [0.29, 0.717) is 31.1 Å². The number of thiophene rings is 1. The van der Waals surface area contributed by atoms with Crippen LogP contribution >= 0.6 is 38.6 Å². The lowest BCUT2D eigenvalue weighted by Crippen LogP contribution is -2.42. The van der Waals surface area contributed by atoms with E-state index < -0.39 is 33.0 Å². The second-order valence-electron chi connectivity index (χ2n) is 7.04. The van der Waals surface area contributed by atoms with Gasteiger partial charge in [0.15, 0.2) is 5.13 Å². The van der Waals surface area contributed by atoms with Gasteiger partial charge in [0.05, 0.1) is 9.35 Å². The van der Waals surface area contributed by atoms with Crippen molar-refractivity contribution in [2.75, 3.05) is 24.1 Å². The number of nitrogens with zero attached hydrogens (tertiary/aromatic N) is 2. The second-order valence-corrected chi connectivity index (χ2v) is 12.7. The van der Waals surface area contributed by atoms with Gasteiger partial charge in [0.2, 0.25) is 5.78 Å². The van der Waals surface area contributed by atoms with Crippen molar-refractivity contribution < 1.29 is 22.0 Å². The highest BCUT2D eigenvalue weighted by molar-refractivity contribution is 9.11. The lowest BCUT2D eigenvalue weighted by molar-refractivity contribution is 0.103. The van der Waals surface area contributed by atoms with Crippen molar-refractivity contribution in [1.29, 1.82) is 0 Å². The Morgan fingerprint density at radius 3 is 2.41 bits per heavy atom. The summed E-state index contributed by atoms with van der Waals surface area (Å²) in [6.45, 7) is 0.644. The Morgan fingerprint density at radius 1 is 1.16 bits per heavy atom. The number of ketones is 1. The number of nitrogens with one attached hydrogen (secondary N) is 1. The van der Waals surface area contributed by atoms with E-state index in [1.54, 1.807) is 12.1 Å². The minimum absolute atomic E-state index is 0.0558. The molecule has 2 aromatic heterocycles. The molecule has 7 nitrogen and oxygen atoms in total. The first-order valence-corrected chi connectivity index (χ1v) is 13.3. The molecule has 1 fully saturated rings. The van der Waals surface area contributed by atoms with Crippen LogP contribution in [0.25, 0.3) is 0 Å². The quantitative estimate of drug-likeness (QED) is 0.433. The largest absolute Gasteiger partial charge is 0.382 e. The molecule has 0 bridgehead atoms. The fourth-order valence-corrected chi connectivity index (χ4v) is 7.91. The summed E-state index contributed by atoms with van der Waals surface area (Å²) in [5.41, 5.74) is 5.16. The molecule has 170 valence electrons. The lowest BCUT2D eigenvalue weighted by atomic mass is 10.1. The van der Waals surface area contributed by atoms with Crippen LogP contribution < -0.4 is 11.1 Å². The highest BCUT2D eigenvalue weighted by Crippen LogP contribution is 2.32. The van der Waals surface area contributed by atoms with E-state index in [1.807, 2.05) is 0 Å². The van der Waals surface area contributed by atoms with E-state index in [4.69, 9.17) is 5.73 Å². The van der Waals surface area contributed by atoms with Gasteiger partial charge < -0.3 is 11.1 Å². The number of halogens is 3. The predicted molar refractivity (Wildman–Crippen MR) is 124 cm³/mol. The number of anilines is 2. The zero-order chi connectivity index (χ0) is 23.0. The fourth-order valence-electron chi connectivity index (χ4n) is 3.36. The molecule has 0 aliphatic carbocycles. The van der Waals surface area contributed by atoms with E-state index in [0.717, 1.165) is 38.6 Å². The molecule has 4 rings (SSSR count). The number of carbonyl (C=O) groups is 1. The molecular weight excluding hydrogens is 546 g/mol. The van der Waals surface area contributed by atoms with E-state index in [1.165, 1.54) is 10.4 Å². The highest BCUT2D eigenvalue weighted by Gasteiger charge is 2.31. The highest BCUT2D eigenvalue weighted by atomic mass is 79.9. The summed E-state index contributed by atoms with van der Waals surface area (Å²) in [5.74, 6) is -2.92.